The van der Waals surface area contributed by atoms with Gasteiger partial charge in [0.2, 0.25) is 11.7 Å². The summed E-state index contributed by atoms with van der Waals surface area (Å²) in [5, 5.41) is 7.98. The minimum absolute atomic E-state index is 0.112. The summed E-state index contributed by atoms with van der Waals surface area (Å²) >= 11 is 1.58. The maximum Gasteiger partial charge on any atom is 0.404 e. The lowest BCUT2D eigenvalue weighted by Gasteiger charge is -2.27. The van der Waals surface area contributed by atoms with Crippen molar-refractivity contribution in [1.82, 2.24) is 25.3 Å². The van der Waals surface area contributed by atoms with Crippen molar-refractivity contribution in [3.63, 3.8) is 0 Å². The second-order valence-electron chi connectivity index (χ2n) is 7.73. The van der Waals surface area contributed by atoms with Crippen molar-refractivity contribution in [2.75, 3.05) is 19.6 Å². The highest BCUT2D eigenvalue weighted by Gasteiger charge is 2.62. The molecule has 10 heteroatoms. The van der Waals surface area contributed by atoms with Gasteiger partial charge in [0.05, 0.1) is 12.2 Å². The van der Waals surface area contributed by atoms with Crippen LogP contribution in [0, 0.1) is 0 Å². The van der Waals surface area contributed by atoms with E-state index in [1.165, 1.54) is 4.88 Å². The predicted octanol–water partition coefficient (Wildman–Crippen LogP) is 3.54. The Morgan fingerprint density at radius 3 is 2.80 bits per heavy atom. The Kier molecular flexibility index (Phi) is 4.87. The molecule has 6 nitrogen and oxygen atoms in total. The lowest BCUT2D eigenvalue weighted by molar-refractivity contribution is -0.193. The van der Waals surface area contributed by atoms with Gasteiger partial charge in [0, 0.05) is 43.0 Å². The fourth-order valence-corrected chi connectivity index (χ4v) is 5.24. The number of hydrogen-bond donors (Lipinski definition) is 1. The van der Waals surface area contributed by atoms with Gasteiger partial charge in [0.15, 0.2) is 5.41 Å². The summed E-state index contributed by atoms with van der Waals surface area (Å²) in [5.41, 5.74) is -0.466. The summed E-state index contributed by atoms with van der Waals surface area (Å²) in [6.45, 7) is 2.15. The highest BCUT2D eigenvalue weighted by Crippen LogP contribution is 2.47. The summed E-state index contributed by atoms with van der Waals surface area (Å²) in [4.78, 5) is 11.8. The Hall–Kier alpha value is -2.30. The van der Waals surface area contributed by atoms with Crippen LogP contribution in [-0.4, -0.2) is 45.8 Å². The molecule has 3 aromatic rings. The average molecular weight is 435 g/mol. The molecule has 4 heterocycles. The number of nitrogens with one attached hydrogen (secondary N) is 1. The maximum absolute atomic E-state index is 14.2. The van der Waals surface area contributed by atoms with Gasteiger partial charge in [-0.2, -0.15) is 18.2 Å². The first kappa shape index (κ1) is 19.7. The molecule has 2 aliphatic rings. The fraction of sp³-hybridized carbons (Fsp3) is 0.450. The van der Waals surface area contributed by atoms with E-state index in [9.17, 15) is 13.2 Å². The van der Waals surface area contributed by atoms with Crippen LogP contribution in [0.25, 0.3) is 11.4 Å². The molecule has 0 saturated carbocycles. The van der Waals surface area contributed by atoms with Crippen molar-refractivity contribution >= 4 is 11.3 Å². The zero-order valence-electron chi connectivity index (χ0n) is 16.1. The summed E-state index contributed by atoms with van der Waals surface area (Å²) in [7, 11) is 0. The van der Waals surface area contributed by atoms with Crippen LogP contribution in [0.4, 0.5) is 13.2 Å². The van der Waals surface area contributed by atoms with E-state index in [0.717, 1.165) is 30.2 Å². The second kappa shape index (κ2) is 7.44. The molecule has 1 atom stereocenters. The van der Waals surface area contributed by atoms with Crippen LogP contribution in [0.15, 0.2) is 34.9 Å². The SMILES string of the molecule is FC(F)(F)C1(c2nc(-c3ccccc3)no2)CCN(Cc2nc3c(s2)CNCC3)C1. The van der Waals surface area contributed by atoms with Gasteiger partial charge < -0.3 is 9.84 Å². The molecule has 1 saturated heterocycles. The number of fused-ring (bicyclic) bond motifs is 1. The van der Waals surface area contributed by atoms with Crippen LogP contribution in [0.5, 0.6) is 0 Å². The number of hydrogen-bond acceptors (Lipinski definition) is 7. The maximum atomic E-state index is 14.2. The van der Waals surface area contributed by atoms with E-state index in [-0.39, 0.29) is 24.7 Å². The summed E-state index contributed by atoms with van der Waals surface area (Å²) in [6, 6.07) is 8.88. The van der Waals surface area contributed by atoms with Gasteiger partial charge in [0.25, 0.3) is 0 Å². The summed E-state index contributed by atoms with van der Waals surface area (Å²) in [6.07, 6.45) is -3.74. The number of nitrogens with zero attached hydrogens (tertiary/aromatic N) is 4. The molecule has 1 unspecified atom stereocenters. The molecule has 0 amide bonds. The molecule has 1 aromatic carbocycles. The Morgan fingerprint density at radius 2 is 2.03 bits per heavy atom. The highest BCUT2D eigenvalue weighted by molar-refractivity contribution is 7.11. The van der Waals surface area contributed by atoms with Crippen molar-refractivity contribution < 1.29 is 17.7 Å². The monoisotopic (exact) mass is 435 g/mol. The Labute approximate surface area is 175 Å². The van der Waals surface area contributed by atoms with Crippen molar-refractivity contribution in [3.8, 4) is 11.4 Å². The van der Waals surface area contributed by atoms with Gasteiger partial charge in [0.1, 0.15) is 5.01 Å². The standard InChI is InChI=1S/C20H20F3N5OS/c21-20(22,23)19(18-26-17(27-29-18)13-4-2-1-3-5-13)7-9-28(12-19)11-16-25-14-6-8-24-10-15(14)30-16/h1-5,24H,6-12H2. The molecular formula is C20H20F3N5OS. The molecule has 0 bridgehead atoms. The normalized spacial score (nSPS) is 22.4. The third kappa shape index (κ3) is 3.42. The van der Waals surface area contributed by atoms with E-state index >= 15 is 0 Å². The van der Waals surface area contributed by atoms with Crippen molar-refractivity contribution in [1.29, 1.82) is 0 Å². The molecule has 2 aromatic heterocycles. The number of alkyl halides is 3. The second-order valence-corrected chi connectivity index (χ2v) is 8.90. The summed E-state index contributed by atoms with van der Waals surface area (Å²) in [5.74, 6) is -0.188. The Bertz CT molecular complexity index is 1010. The number of rotatable bonds is 4. The van der Waals surface area contributed by atoms with Crippen LogP contribution in [0.2, 0.25) is 0 Å². The van der Waals surface area contributed by atoms with E-state index < -0.39 is 11.6 Å². The molecule has 30 heavy (non-hydrogen) atoms. The molecule has 1 fully saturated rings. The van der Waals surface area contributed by atoms with Gasteiger partial charge in [-0.3, -0.25) is 4.90 Å². The van der Waals surface area contributed by atoms with E-state index in [1.807, 2.05) is 6.07 Å². The van der Waals surface area contributed by atoms with E-state index in [2.05, 4.69) is 20.4 Å². The lowest BCUT2D eigenvalue weighted by Crippen LogP contribution is -2.45. The molecular weight excluding hydrogens is 415 g/mol. The largest absolute Gasteiger partial charge is 0.404 e. The summed E-state index contributed by atoms with van der Waals surface area (Å²) < 4.78 is 47.9. The van der Waals surface area contributed by atoms with Crippen LogP contribution in [-0.2, 0) is 24.9 Å². The van der Waals surface area contributed by atoms with Crippen LogP contribution < -0.4 is 5.32 Å². The molecule has 0 aliphatic carbocycles. The van der Waals surface area contributed by atoms with Gasteiger partial charge in [-0.1, -0.05) is 35.5 Å². The predicted molar refractivity (Wildman–Crippen MR) is 105 cm³/mol. The van der Waals surface area contributed by atoms with Crippen LogP contribution in [0.3, 0.4) is 0 Å². The topological polar surface area (TPSA) is 67.1 Å². The van der Waals surface area contributed by atoms with Gasteiger partial charge >= 0.3 is 6.18 Å². The zero-order chi connectivity index (χ0) is 20.8. The number of halogens is 3. The molecule has 1 N–H and O–H groups in total. The highest BCUT2D eigenvalue weighted by atomic mass is 32.1. The van der Waals surface area contributed by atoms with Gasteiger partial charge in [-0.05, 0) is 6.42 Å². The lowest BCUT2D eigenvalue weighted by atomic mass is 9.86. The number of likely N-dealkylation sites (tertiary alicyclic amines) is 1. The zero-order valence-corrected chi connectivity index (χ0v) is 16.9. The minimum atomic E-state index is -4.49. The average Bonchev–Trinajstić information content (AvgIpc) is 3.46. The van der Waals surface area contributed by atoms with Crippen LogP contribution in [0.1, 0.15) is 27.9 Å². The van der Waals surface area contributed by atoms with Crippen molar-refractivity contribution in [2.24, 2.45) is 0 Å². The first-order chi connectivity index (χ1) is 14.4. The third-order valence-corrected chi connectivity index (χ3v) is 6.85. The molecule has 5 rings (SSSR count). The van der Waals surface area contributed by atoms with Gasteiger partial charge in [-0.25, -0.2) is 4.98 Å². The smallest absolute Gasteiger partial charge is 0.338 e. The molecule has 2 aliphatic heterocycles. The minimum Gasteiger partial charge on any atom is -0.338 e. The van der Waals surface area contributed by atoms with E-state index in [1.54, 1.807) is 40.5 Å². The quantitative estimate of drug-likeness (QED) is 0.676. The first-order valence-corrected chi connectivity index (χ1v) is 10.6. The van der Waals surface area contributed by atoms with Crippen molar-refractivity contribution in [2.45, 2.75) is 37.5 Å². The van der Waals surface area contributed by atoms with Gasteiger partial charge in [-0.15, -0.1) is 11.3 Å². The van der Waals surface area contributed by atoms with E-state index in [4.69, 9.17) is 4.52 Å². The van der Waals surface area contributed by atoms with E-state index in [0.29, 0.717) is 18.7 Å². The van der Waals surface area contributed by atoms with Crippen LogP contribution >= 0.6 is 11.3 Å². The van der Waals surface area contributed by atoms with Crippen molar-refractivity contribution in [3.05, 3.63) is 51.8 Å². The first-order valence-electron chi connectivity index (χ1n) is 9.81. The number of benzene rings is 1. The number of aromatic nitrogens is 3. The molecule has 158 valence electrons. The molecule has 0 spiro atoms. The fourth-order valence-electron chi connectivity index (χ4n) is 4.11. The Balaban J connectivity index is 1.39. The Morgan fingerprint density at radius 1 is 1.20 bits per heavy atom. The molecule has 0 radical (unpaired) electrons. The number of thiazole rings is 1. The third-order valence-electron chi connectivity index (χ3n) is 5.76.